The summed E-state index contributed by atoms with van der Waals surface area (Å²) in [5.74, 6) is 0.694. The lowest BCUT2D eigenvalue weighted by atomic mass is 10.1. The molecular weight excluding hydrogens is 298 g/mol. The Balaban J connectivity index is 1.95. The monoisotopic (exact) mass is 313 g/mol. The molecule has 0 atom stereocenters. The van der Waals surface area contributed by atoms with Gasteiger partial charge in [0.2, 0.25) is 0 Å². The van der Waals surface area contributed by atoms with E-state index >= 15 is 0 Å². The van der Waals surface area contributed by atoms with Gasteiger partial charge in [0.05, 0.1) is 11.3 Å². The first-order valence-electron chi connectivity index (χ1n) is 6.97. The van der Waals surface area contributed by atoms with Crippen LogP contribution in [-0.4, -0.2) is 14.8 Å². The van der Waals surface area contributed by atoms with E-state index in [0.29, 0.717) is 17.5 Å². The normalized spacial score (nSPS) is 10.7. The van der Waals surface area contributed by atoms with Crippen molar-refractivity contribution < 1.29 is 4.74 Å². The first-order chi connectivity index (χ1) is 10.6. The molecule has 0 bridgehead atoms. The third-order valence-electron chi connectivity index (χ3n) is 3.27. The van der Waals surface area contributed by atoms with Crippen LogP contribution < -0.4 is 4.74 Å². The Hall–Kier alpha value is -2.33. The molecule has 0 N–H and O–H groups in total. The Kier molecular flexibility index (Phi) is 4.11. The average molecular weight is 314 g/mol. The van der Waals surface area contributed by atoms with Crippen molar-refractivity contribution >= 4 is 11.6 Å². The molecule has 22 heavy (non-hydrogen) atoms. The van der Waals surface area contributed by atoms with E-state index in [1.165, 1.54) is 0 Å². The van der Waals surface area contributed by atoms with Gasteiger partial charge in [0, 0.05) is 25.0 Å². The Bertz CT molecular complexity index is 784. The molecule has 0 aliphatic heterocycles. The third-order valence-corrected chi connectivity index (χ3v) is 3.55. The molecule has 0 radical (unpaired) electrons. The number of benzene rings is 1. The molecule has 2 aromatic heterocycles. The molecule has 2 heterocycles. The Morgan fingerprint density at radius 3 is 2.64 bits per heavy atom. The maximum atomic E-state index is 6.32. The highest BCUT2D eigenvalue weighted by atomic mass is 35.5. The maximum Gasteiger partial charge on any atom is 0.142 e. The highest BCUT2D eigenvalue weighted by Crippen LogP contribution is 2.35. The van der Waals surface area contributed by atoms with Crippen molar-refractivity contribution in [1.82, 2.24) is 14.8 Å². The number of aryl methyl sites for hydroxylation is 2. The maximum absolute atomic E-state index is 6.32. The van der Waals surface area contributed by atoms with Gasteiger partial charge in [-0.1, -0.05) is 41.9 Å². The molecule has 0 aliphatic carbocycles. The van der Waals surface area contributed by atoms with E-state index < -0.39 is 0 Å². The van der Waals surface area contributed by atoms with Crippen molar-refractivity contribution in [3.05, 3.63) is 65.1 Å². The Morgan fingerprint density at radius 2 is 1.95 bits per heavy atom. The lowest BCUT2D eigenvalue weighted by Crippen LogP contribution is -2.00. The minimum atomic E-state index is 0.404. The summed E-state index contributed by atoms with van der Waals surface area (Å²) in [5.41, 5.74) is 3.39. The largest absolute Gasteiger partial charge is 0.488 e. The fraction of sp³-hybridized carbons (Fsp3) is 0.176. The summed E-state index contributed by atoms with van der Waals surface area (Å²) in [6.07, 6.45) is 1.87. The van der Waals surface area contributed by atoms with E-state index in [0.717, 1.165) is 22.5 Å². The molecule has 0 spiro atoms. The molecule has 0 unspecified atom stereocenters. The highest BCUT2D eigenvalue weighted by molar-refractivity contribution is 6.32. The number of halogens is 1. The van der Waals surface area contributed by atoms with Gasteiger partial charge in [-0.2, -0.15) is 5.10 Å². The number of aromatic nitrogens is 3. The van der Waals surface area contributed by atoms with Crippen LogP contribution in [0.15, 0.2) is 48.7 Å². The molecule has 5 heteroatoms. The number of nitrogens with zero attached hydrogens (tertiary/aromatic N) is 3. The predicted molar refractivity (Wildman–Crippen MR) is 87.0 cm³/mol. The summed E-state index contributed by atoms with van der Waals surface area (Å²) >= 11 is 6.32. The van der Waals surface area contributed by atoms with E-state index in [1.54, 1.807) is 4.68 Å². The summed E-state index contributed by atoms with van der Waals surface area (Å²) in [5, 5.41) is 4.80. The molecule has 4 nitrogen and oxygen atoms in total. The predicted octanol–water partition coefficient (Wildman–Crippen LogP) is 4.02. The van der Waals surface area contributed by atoms with Crippen LogP contribution in [0.1, 0.15) is 11.3 Å². The van der Waals surface area contributed by atoms with Crippen LogP contribution in [0.3, 0.4) is 0 Å². The fourth-order valence-corrected chi connectivity index (χ4v) is 2.56. The van der Waals surface area contributed by atoms with Crippen LogP contribution in [-0.2, 0) is 13.7 Å². The van der Waals surface area contributed by atoms with Crippen molar-refractivity contribution in [2.24, 2.45) is 7.05 Å². The topological polar surface area (TPSA) is 39.9 Å². The van der Waals surface area contributed by atoms with Gasteiger partial charge < -0.3 is 4.74 Å². The first-order valence-corrected chi connectivity index (χ1v) is 7.35. The zero-order valence-corrected chi connectivity index (χ0v) is 13.2. The van der Waals surface area contributed by atoms with Crippen LogP contribution in [0.2, 0.25) is 5.15 Å². The lowest BCUT2D eigenvalue weighted by Gasteiger charge is -2.12. The van der Waals surface area contributed by atoms with Crippen LogP contribution >= 0.6 is 11.6 Å². The Labute approximate surface area is 134 Å². The van der Waals surface area contributed by atoms with Gasteiger partial charge in [-0.3, -0.25) is 4.68 Å². The molecule has 3 aromatic rings. The molecule has 1 aromatic carbocycles. The van der Waals surface area contributed by atoms with Crippen molar-refractivity contribution in [1.29, 1.82) is 0 Å². The van der Waals surface area contributed by atoms with Gasteiger partial charge in [0.15, 0.2) is 0 Å². The van der Waals surface area contributed by atoms with Crippen molar-refractivity contribution in [3.63, 3.8) is 0 Å². The second-order valence-corrected chi connectivity index (χ2v) is 5.43. The number of ether oxygens (including phenoxy) is 1. The third kappa shape index (κ3) is 3.12. The number of pyridine rings is 1. The summed E-state index contributed by atoms with van der Waals surface area (Å²) in [7, 11) is 1.86. The zero-order chi connectivity index (χ0) is 15.5. The molecule has 0 amide bonds. The molecule has 3 rings (SSSR count). The van der Waals surface area contributed by atoms with Gasteiger partial charge in [0.25, 0.3) is 0 Å². The Morgan fingerprint density at radius 1 is 1.18 bits per heavy atom. The number of hydrogen-bond donors (Lipinski definition) is 0. The molecule has 0 saturated carbocycles. The van der Waals surface area contributed by atoms with Crippen LogP contribution in [0.25, 0.3) is 11.3 Å². The minimum Gasteiger partial charge on any atom is -0.488 e. The van der Waals surface area contributed by atoms with E-state index in [-0.39, 0.29) is 0 Å². The van der Waals surface area contributed by atoms with Crippen LogP contribution in [0.4, 0.5) is 0 Å². The summed E-state index contributed by atoms with van der Waals surface area (Å²) in [6.45, 7) is 2.36. The molecule has 112 valence electrons. The zero-order valence-electron chi connectivity index (χ0n) is 12.5. The van der Waals surface area contributed by atoms with Gasteiger partial charge in [-0.05, 0) is 18.6 Å². The van der Waals surface area contributed by atoms with Crippen LogP contribution in [0, 0.1) is 6.92 Å². The fourth-order valence-electron chi connectivity index (χ4n) is 2.24. The van der Waals surface area contributed by atoms with Gasteiger partial charge in [-0.15, -0.1) is 0 Å². The van der Waals surface area contributed by atoms with Crippen molar-refractivity contribution in [3.8, 4) is 17.0 Å². The highest BCUT2D eigenvalue weighted by Gasteiger charge is 2.16. The van der Waals surface area contributed by atoms with Crippen molar-refractivity contribution in [2.75, 3.05) is 0 Å². The summed E-state index contributed by atoms with van der Waals surface area (Å²) < 4.78 is 7.70. The second-order valence-electron chi connectivity index (χ2n) is 5.08. The quantitative estimate of drug-likeness (QED) is 0.683. The number of rotatable bonds is 4. The van der Waals surface area contributed by atoms with Crippen molar-refractivity contribution in [2.45, 2.75) is 13.5 Å². The van der Waals surface area contributed by atoms with E-state index in [4.69, 9.17) is 16.3 Å². The van der Waals surface area contributed by atoms with Gasteiger partial charge in [0.1, 0.15) is 17.5 Å². The SMILES string of the molecule is Cc1cc(OCc2ccccc2)c(-c2ccn(C)n2)c(Cl)n1. The minimum absolute atomic E-state index is 0.404. The number of hydrogen-bond acceptors (Lipinski definition) is 3. The van der Waals surface area contributed by atoms with E-state index in [1.807, 2.05) is 62.6 Å². The second kappa shape index (κ2) is 6.20. The van der Waals surface area contributed by atoms with Crippen LogP contribution in [0.5, 0.6) is 5.75 Å². The molecule has 0 saturated heterocycles. The first kappa shape index (κ1) is 14.6. The standard InChI is InChI=1S/C17H16ClN3O/c1-12-10-15(22-11-13-6-4-3-5-7-13)16(17(18)19-12)14-8-9-21(2)20-14/h3-10H,11H2,1-2H3. The average Bonchev–Trinajstić information content (AvgIpc) is 2.91. The van der Waals surface area contributed by atoms with E-state index in [9.17, 15) is 0 Å². The summed E-state index contributed by atoms with van der Waals surface area (Å²) in [6, 6.07) is 13.8. The molecular formula is C17H16ClN3O. The summed E-state index contributed by atoms with van der Waals surface area (Å²) in [4.78, 5) is 4.31. The van der Waals surface area contributed by atoms with Gasteiger partial charge >= 0.3 is 0 Å². The molecule has 0 aliphatic rings. The molecule has 0 fully saturated rings. The van der Waals surface area contributed by atoms with Gasteiger partial charge in [-0.25, -0.2) is 4.98 Å². The smallest absolute Gasteiger partial charge is 0.142 e. The lowest BCUT2D eigenvalue weighted by molar-refractivity contribution is 0.307. The van der Waals surface area contributed by atoms with E-state index in [2.05, 4.69) is 10.1 Å².